The molecule has 1 aromatic carbocycles. The van der Waals surface area contributed by atoms with E-state index in [0.29, 0.717) is 16.7 Å². The Labute approximate surface area is 223 Å². The first-order chi connectivity index (χ1) is 19.2. The van der Waals surface area contributed by atoms with E-state index in [1.165, 1.54) is 11.3 Å². The van der Waals surface area contributed by atoms with E-state index >= 15 is 0 Å². The zero-order valence-corrected chi connectivity index (χ0v) is 21.1. The molecule has 0 fully saturated rings. The Hall–Kier alpha value is -5.22. The molecule has 186 valence electrons. The molecule has 0 amide bonds. The second-order valence-electron chi connectivity index (χ2n) is 9.28. The molecule has 10 heteroatoms. The molecule has 2 aliphatic heterocycles. The zero-order valence-electron chi connectivity index (χ0n) is 20.3. The van der Waals surface area contributed by atoms with Gasteiger partial charge in [-0.3, -0.25) is 34.5 Å². The molecule has 0 unspecified atom stereocenters. The lowest BCUT2D eigenvalue weighted by atomic mass is 10.1. The number of hydrogen-bond donors (Lipinski definition) is 2. The van der Waals surface area contributed by atoms with Crippen molar-refractivity contribution in [1.82, 2.24) is 39.7 Å². The van der Waals surface area contributed by atoms with Gasteiger partial charge in [0, 0.05) is 23.3 Å². The first kappa shape index (κ1) is 21.8. The van der Waals surface area contributed by atoms with Crippen LogP contribution in [0.5, 0.6) is 0 Å². The number of aromatic nitrogens is 8. The molecule has 0 atom stereocenters. The van der Waals surface area contributed by atoms with Gasteiger partial charge >= 0.3 is 0 Å². The minimum absolute atomic E-state index is 0.0645. The fraction of sp³-hybridized carbons (Fsp3) is 0.0345. The van der Waals surface area contributed by atoms with Gasteiger partial charge in [0.05, 0.1) is 45.6 Å². The van der Waals surface area contributed by atoms with E-state index in [1.54, 1.807) is 29.4 Å². The molecule has 0 aliphatic carbocycles. The van der Waals surface area contributed by atoms with Gasteiger partial charge in [-0.1, -0.05) is 30.3 Å². The van der Waals surface area contributed by atoms with Crippen molar-refractivity contribution in [2.24, 2.45) is 0 Å². The second kappa shape index (κ2) is 8.40. The van der Waals surface area contributed by atoms with Gasteiger partial charge in [0.1, 0.15) is 21.6 Å². The van der Waals surface area contributed by atoms with Gasteiger partial charge in [0.15, 0.2) is 5.65 Å². The maximum atomic E-state index is 13.9. The lowest BCUT2D eigenvalue weighted by molar-refractivity contribution is 0.0924. The number of aromatic amines is 2. The molecule has 6 aromatic rings. The summed E-state index contributed by atoms with van der Waals surface area (Å²) in [5.74, 6) is -0.0645. The van der Waals surface area contributed by atoms with Gasteiger partial charge in [-0.25, -0.2) is 9.97 Å². The molecule has 0 saturated carbocycles. The van der Waals surface area contributed by atoms with Crippen LogP contribution in [0.4, 0.5) is 0 Å². The first-order valence-electron chi connectivity index (χ1n) is 12.3. The van der Waals surface area contributed by atoms with Gasteiger partial charge < -0.3 is 0 Å². The predicted octanol–water partition coefficient (Wildman–Crippen LogP) is 6.06. The molecule has 8 bridgehead atoms. The summed E-state index contributed by atoms with van der Waals surface area (Å²) in [5.41, 5.74) is 7.58. The number of imidazole rings is 1. The smallest absolute Gasteiger partial charge is 0.236 e. The van der Waals surface area contributed by atoms with Crippen molar-refractivity contribution < 1.29 is 4.79 Å². The SMILES string of the molecule is O=C(Cc1ccccc1)n1c2cncc(c2)c2cc3c(cn2)[nH][nH]c-3c2nc3ccnc(c4ccc1s4)c3n2. The number of hydrogen-bond acceptors (Lipinski definition) is 7. The Morgan fingerprint density at radius 3 is 2.72 bits per heavy atom. The predicted molar refractivity (Wildman–Crippen MR) is 153 cm³/mol. The molecule has 0 spiro atoms. The van der Waals surface area contributed by atoms with E-state index in [4.69, 9.17) is 9.97 Å². The number of H-pyrrole nitrogens is 2. The molecular weight excluding hydrogens is 508 g/mol. The summed E-state index contributed by atoms with van der Waals surface area (Å²) in [4.78, 5) is 38.2. The Kier molecular flexibility index (Phi) is 4.70. The summed E-state index contributed by atoms with van der Waals surface area (Å²) in [5, 5.41) is 7.18. The number of benzene rings is 1. The maximum absolute atomic E-state index is 13.9. The van der Waals surface area contributed by atoms with Gasteiger partial charge in [0.2, 0.25) is 5.91 Å². The second-order valence-corrected chi connectivity index (χ2v) is 10.3. The fourth-order valence-electron chi connectivity index (χ4n) is 4.98. The lowest BCUT2D eigenvalue weighted by Crippen LogP contribution is -2.14. The zero-order chi connectivity index (χ0) is 25.9. The molecule has 2 N–H and O–H groups in total. The van der Waals surface area contributed by atoms with E-state index in [0.717, 1.165) is 53.8 Å². The molecule has 5 aromatic heterocycles. The van der Waals surface area contributed by atoms with Crippen molar-refractivity contribution in [2.75, 3.05) is 0 Å². The molecule has 0 saturated heterocycles. The van der Waals surface area contributed by atoms with Gasteiger partial charge in [-0.2, -0.15) is 0 Å². The number of thiophene rings is 1. The summed E-state index contributed by atoms with van der Waals surface area (Å²) < 4.78 is 2.62. The molecule has 9 nitrogen and oxygen atoms in total. The third kappa shape index (κ3) is 3.53. The number of pyridine rings is 3. The number of carbonyl (C=O) groups excluding carboxylic acids is 1. The first-order valence-corrected chi connectivity index (χ1v) is 13.1. The van der Waals surface area contributed by atoms with Crippen LogP contribution in [0.2, 0.25) is 0 Å². The van der Waals surface area contributed by atoms with Gasteiger partial charge in [-0.15, -0.1) is 11.3 Å². The van der Waals surface area contributed by atoms with Crippen molar-refractivity contribution in [3.8, 4) is 11.3 Å². The van der Waals surface area contributed by atoms with Crippen molar-refractivity contribution in [3.63, 3.8) is 0 Å². The summed E-state index contributed by atoms with van der Waals surface area (Å²) in [6, 6.07) is 19.5. The quantitative estimate of drug-likeness (QED) is 0.283. The molecular formula is C29H18N8OS. The molecule has 0 radical (unpaired) electrons. The largest absolute Gasteiger partial charge is 0.298 e. The van der Waals surface area contributed by atoms with Crippen molar-refractivity contribution in [2.45, 2.75) is 6.42 Å². The van der Waals surface area contributed by atoms with Crippen LogP contribution in [0.3, 0.4) is 0 Å². The third-order valence-corrected chi connectivity index (χ3v) is 7.91. The maximum Gasteiger partial charge on any atom is 0.236 e. The third-order valence-electron chi connectivity index (χ3n) is 6.84. The molecule has 8 rings (SSSR count). The highest BCUT2D eigenvalue weighted by Gasteiger charge is 2.16. The van der Waals surface area contributed by atoms with E-state index < -0.39 is 0 Å². The number of fused-ring (bicyclic) bond motifs is 9. The summed E-state index contributed by atoms with van der Waals surface area (Å²) in [7, 11) is 0. The molecule has 39 heavy (non-hydrogen) atoms. The molecule has 7 heterocycles. The van der Waals surface area contributed by atoms with Gasteiger partial charge in [0.25, 0.3) is 0 Å². The van der Waals surface area contributed by atoms with E-state index in [-0.39, 0.29) is 12.3 Å². The Balaban J connectivity index is 1.52. The Morgan fingerprint density at radius 2 is 1.79 bits per heavy atom. The lowest BCUT2D eigenvalue weighted by Gasteiger charge is -2.08. The van der Waals surface area contributed by atoms with E-state index in [1.807, 2.05) is 60.7 Å². The Morgan fingerprint density at radius 1 is 0.872 bits per heavy atom. The van der Waals surface area contributed by atoms with Crippen LogP contribution >= 0.6 is 11.3 Å². The summed E-state index contributed by atoms with van der Waals surface area (Å²) in [6.45, 7) is 0. The fourth-order valence-corrected chi connectivity index (χ4v) is 6.03. The van der Waals surface area contributed by atoms with Crippen LogP contribution in [0, 0.1) is 0 Å². The summed E-state index contributed by atoms with van der Waals surface area (Å²) in [6.07, 6.45) is 7.23. The van der Waals surface area contributed by atoms with Crippen LogP contribution in [-0.4, -0.2) is 45.6 Å². The van der Waals surface area contributed by atoms with Crippen molar-refractivity contribution >= 4 is 70.9 Å². The van der Waals surface area contributed by atoms with Crippen LogP contribution in [0.1, 0.15) is 10.4 Å². The van der Waals surface area contributed by atoms with Gasteiger partial charge in [-0.05, 0) is 35.9 Å². The monoisotopic (exact) mass is 526 g/mol. The highest BCUT2D eigenvalue weighted by Crippen LogP contribution is 2.32. The number of carbonyl (C=O) groups is 1. The summed E-state index contributed by atoms with van der Waals surface area (Å²) >= 11 is 1.48. The molecule has 2 aliphatic rings. The number of nitrogens with zero attached hydrogens (tertiary/aromatic N) is 6. The number of nitrogens with one attached hydrogen (secondary N) is 2. The van der Waals surface area contributed by atoms with Crippen LogP contribution < -0.4 is 0 Å². The topological polar surface area (TPSA) is 118 Å². The van der Waals surface area contributed by atoms with E-state index in [9.17, 15) is 4.79 Å². The van der Waals surface area contributed by atoms with Crippen molar-refractivity contribution in [3.05, 3.63) is 91.0 Å². The van der Waals surface area contributed by atoms with Crippen LogP contribution in [0.25, 0.3) is 64.9 Å². The highest BCUT2D eigenvalue weighted by atomic mass is 32.1. The highest BCUT2D eigenvalue weighted by molar-refractivity contribution is 7.24. The normalized spacial score (nSPS) is 11.8. The average molecular weight is 527 g/mol. The Bertz CT molecular complexity index is 2240. The van der Waals surface area contributed by atoms with Crippen LogP contribution in [-0.2, 0) is 6.42 Å². The van der Waals surface area contributed by atoms with Crippen molar-refractivity contribution in [1.29, 1.82) is 0 Å². The standard InChI is InChI=1S/C29H18N8OS/c38-24(10-16-4-2-1-3-5-16)37-18-11-17(13-30-14-18)21-12-19-22(15-32-21)35-36-26(19)29-33-20-8-9-31-28(27(20)34-29)23-6-7-25(37)39-23/h1-9,11-15,35-36H,10H2. The minimum atomic E-state index is -0.0645. The minimum Gasteiger partial charge on any atom is -0.298 e. The average Bonchev–Trinajstić information content (AvgIpc) is 3.71. The van der Waals surface area contributed by atoms with E-state index in [2.05, 4.69) is 25.1 Å². The van der Waals surface area contributed by atoms with Crippen LogP contribution in [0.15, 0.2) is 85.5 Å². The number of rotatable bonds is 2.